The second-order valence-corrected chi connectivity index (χ2v) is 8.54. The first-order valence-electron chi connectivity index (χ1n) is 9.42. The van der Waals surface area contributed by atoms with Crippen molar-refractivity contribution >= 4 is 0 Å². The molecule has 0 bridgehead atoms. The highest BCUT2D eigenvalue weighted by Crippen LogP contribution is 2.40. The van der Waals surface area contributed by atoms with Crippen LogP contribution in [0, 0.1) is 11.3 Å². The van der Waals surface area contributed by atoms with Gasteiger partial charge in [0, 0.05) is 18.1 Å². The molecule has 0 aromatic heterocycles. The van der Waals surface area contributed by atoms with Gasteiger partial charge in [-0.3, -0.25) is 4.90 Å². The summed E-state index contributed by atoms with van der Waals surface area (Å²) in [7, 11) is 0. The first-order chi connectivity index (χ1) is 9.93. The maximum Gasteiger partial charge on any atom is 0.0254 e. The summed E-state index contributed by atoms with van der Waals surface area (Å²) in [5.41, 5.74) is 0.463. The second-order valence-electron chi connectivity index (χ2n) is 8.54. The van der Waals surface area contributed by atoms with Crippen LogP contribution >= 0.6 is 0 Å². The molecule has 0 amide bonds. The fourth-order valence-electron chi connectivity index (χ4n) is 4.59. The molecule has 1 N–H and O–H groups in total. The van der Waals surface area contributed by atoms with Crippen molar-refractivity contribution in [1.29, 1.82) is 0 Å². The lowest BCUT2D eigenvalue weighted by molar-refractivity contribution is 0.0386. The lowest BCUT2D eigenvalue weighted by Crippen LogP contribution is -2.56. The Morgan fingerprint density at radius 1 is 1.05 bits per heavy atom. The van der Waals surface area contributed by atoms with Crippen LogP contribution < -0.4 is 5.32 Å². The Morgan fingerprint density at radius 3 is 2.48 bits per heavy atom. The number of hydrogen-bond acceptors (Lipinski definition) is 2. The minimum absolute atomic E-state index is 0.463. The van der Waals surface area contributed by atoms with Crippen LogP contribution in [0.25, 0.3) is 0 Å². The molecule has 1 heterocycles. The third-order valence-electron chi connectivity index (χ3n) is 6.04. The van der Waals surface area contributed by atoms with Gasteiger partial charge in [0.25, 0.3) is 0 Å². The van der Waals surface area contributed by atoms with Crippen molar-refractivity contribution in [3.8, 4) is 0 Å². The quantitative estimate of drug-likeness (QED) is 0.827. The van der Waals surface area contributed by atoms with E-state index in [-0.39, 0.29) is 0 Å². The summed E-state index contributed by atoms with van der Waals surface area (Å²) in [4.78, 5) is 2.87. The molecular formula is C19H38N2. The summed E-state index contributed by atoms with van der Waals surface area (Å²) in [6, 6.07) is 2.25. The third-order valence-corrected chi connectivity index (χ3v) is 6.04. The van der Waals surface area contributed by atoms with Gasteiger partial charge < -0.3 is 5.32 Å². The predicted molar refractivity (Wildman–Crippen MR) is 92.7 cm³/mol. The molecule has 0 aromatic carbocycles. The minimum Gasteiger partial charge on any atom is -0.313 e. The van der Waals surface area contributed by atoms with Gasteiger partial charge in [-0.05, 0) is 63.5 Å². The minimum atomic E-state index is 0.463. The normalized spacial score (nSPS) is 36.4. The first-order valence-corrected chi connectivity index (χ1v) is 9.42. The molecule has 21 heavy (non-hydrogen) atoms. The van der Waals surface area contributed by atoms with Crippen molar-refractivity contribution in [1.82, 2.24) is 10.2 Å². The summed E-state index contributed by atoms with van der Waals surface area (Å²) in [5.74, 6) is 0.882. The van der Waals surface area contributed by atoms with Gasteiger partial charge in [-0.15, -0.1) is 0 Å². The molecule has 2 nitrogen and oxygen atoms in total. The van der Waals surface area contributed by atoms with Crippen molar-refractivity contribution in [2.75, 3.05) is 13.1 Å². The summed E-state index contributed by atoms with van der Waals surface area (Å²) in [6.45, 7) is 14.5. The molecule has 1 saturated heterocycles. The third kappa shape index (κ3) is 4.45. The average molecular weight is 295 g/mol. The molecule has 0 spiro atoms. The highest BCUT2D eigenvalue weighted by Gasteiger charge is 2.39. The summed E-state index contributed by atoms with van der Waals surface area (Å²) in [6.07, 6.45) is 9.82. The Morgan fingerprint density at radius 2 is 1.81 bits per heavy atom. The first kappa shape index (κ1) is 17.3. The van der Waals surface area contributed by atoms with Crippen molar-refractivity contribution in [3.63, 3.8) is 0 Å². The van der Waals surface area contributed by atoms with Gasteiger partial charge >= 0.3 is 0 Å². The maximum absolute atomic E-state index is 3.80. The van der Waals surface area contributed by atoms with E-state index in [2.05, 4.69) is 44.8 Å². The van der Waals surface area contributed by atoms with Gasteiger partial charge in [-0.25, -0.2) is 0 Å². The van der Waals surface area contributed by atoms with E-state index < -0.39 is 0 Å². The van der Waals surface area contributed by atoms with E-state index in [4.69, 9.17) is 0 Å². The molecule has 0 aromatic rings. The molecule has 2 rings (SSSR count). The van der Waals surface area contributed by atoms with Crippen LogP contribution in [0.5, 0.6) is 0 Å². The molecule has 2 heteroatoms. The molecule has 1 aliphatic carbocycles. The van der Waals surface area contributed by atoms with E-state index in [9.17, 15) is 0 Å². The van der Waals surface area contributed by atoms with Crippen molar-refractivity contribution in [3.05, 3.63) is 0 Å². The van der Waals surface area contributed by atoms with E-state index >= 15 is 0 Å². The largest absolute Gasteiger partial charge is 0.313 e. The Labute approximate surface area is 133 Å². The lowest BCUT2D eigenvalue weighted by atomic mass is 9.69. The van der Waals surface area contributed by atoms with Crippen LogP contribution in [0.1, 0.15) is 79.6 Å². The number of hydrogen-bond donors (Lipinski definition) is 1. The zero-order valence-corrected chi connectivity index (χ0v) is 15.1. The summed E-state index contributed by atoms with van der Waals surface area (Å²) in [5, 5.41) is 3.80. The van der Waals surface area contributed by atoms with E-state index in [0.717, 1.165) is 24.5 Å². The Bertz CT molecular complexity index is 307. The Hall–Kier alpha value is -0.0800. The highest BCUT2D eigenvalue weighted by atomic mass is 15.2. The molecule has 1 aliphatic heterocycles. The predicted octanol–water partition coefficient (Wildman–Crippen LogP) is 4.44. The molecule has 2 fully saturated rings. The number of rotatable bonds is 3. The van der Waals surface area contributed by atoms with Crippen LogP contribution in [-0.2, 0) is 0 Å². The smallest absolute Gasteiger partial charge is 0.0254 e. The van der Waals surface area contributed by atoms with Crippen LogP contribution in [0.2, 0.25) is 0 Å². The maximum atomic E-state index is 3.80. The zero-order valence-electron chi connectivity index (χ0n) is 15.1. The highest BCUT2D eigenvalue weighted by molar-refractivity contribution is 4.95. The van der Waals surface area contributed by atoms with E-state index in [1.165, 1.54) is 51.5 Å². The van der Waals surface area contributed by atoms with Gasteiger partial charge in [-0.1, -0.05) is 40.5 Å². The van der Waals surface area contributed by atoms with Crippen LogP contribution in [-0.4, -0.2) is 36.1 Å². The average Bonchev–Trinajstić information content (AvgIpc) is 2.63. The Balaban J connectivity index is 2.12. The van der Waals surface area contributed by atoms with Crippen molar-refractivity contribution < 1.29 is 0 Å². The van der Waals surface area contributed by atoms with Gasteiger partial charge in [-0.2, -0.15) is 0 Å². The van der Waals surface area contributed by atoms with E-state index in [1.807, 2.05) is 0 Å². The van der Waals surface area contributed by atoms with Gasteiger partial charge in [0.2, 0.25) is 0 Å². The lowest BCUT2D eigenvalue weighted by Gasteiger charge is -2.48. The number of likely N-dealkylation sites (tertiary alicyclic amines) is 1. The van der Waals surface area contributed by atoms with Crippen LogP contribution in [0.3, 0.4) is 0 Å². The van der Waals surface area contributed by atoms with Crippen molar-refractivity contribution in [2.45, 2.75) is 97.7 Å². The van der Waals surface area contributed by atoms with E-state index in [1.54, 1.807) is 0 Å². The van der Waals surface area contributed by atoms with Gasteiger partial charge in [0.1, 0.15) is 0 Å². The standard InChI is InChI=1S/C19H38N2/c1-6-20-17-12-11-16(19(3,4)5)14-18(17)21-13-9-7-8-10-15(21)2/h15-18,20H,6-14H2,1-5H3. The molecular weight excluding hydrogens is 256 g/mol. The number of nitrogens with one attached hydrogen (secondary N) is 1. The number of nitrogens with zero attached hydrogens (tertiary/aromatic N) is 1. The summed E-state index contributed by atoms with van der Waals surface area (Å²) < 4.78 is 0. The molecule has 4 unspecified atom stereocenters. The van der Waals surface area contributed by atoms with Crippen molar-refractivity contribution in [2.24, 2.45) is 11.3 Å². The zero-order chi connectivity index (χ0) is 15.5. The fraction of sp³-hybridized carbons (Fsp3) is 1.00. The SMILES string of the molecule is CCNC1CCC(C(C)(C)C)CC1N1CCCCCC1C. The van der Waals surface area contributed by atoms with Gasteiger partial charge in [0.15, 0.2) is 0 Å². The molecule has 0 radical (unpaired) electrons. The topological polar surface area (TPSA) is 15.3 Å². The van der Waals surface area contributed by atoms with Crippen LogP contribution in [0.4, 0.5) is 0 Å². The monoisotopic (exact) mass is 294 g/mol. The number of likely N-dealkylation sites (N-methyl/N-ethyl adjacent to an activating group) is 1. The summed E-state index contributed by atoms with van der Waals surface area (Å²) >= 11 is 0. The molecule has 1 saturated carbocycles. The Kier molecular flexibility index (Phi) is 6.14. The molecule has 4 atom stereocenters. The van der Waals surface area contributed by atoms with Crippen LogP contribution in [0.15, 0.2) is 0 Å². The van der Waals surface area contributed by atoms with Gasteiger partial charge in [0.05, 0.1) is 0 Å². The second kappa shape index (κ2) is 7.46. The van der Waals surface area contributed by atoms with E-state index in [0.29, 0.717) is 11.5 Å². The molecule has 2 aliphatic rings. The fourth-order valence-corrected chi connectivity index (χ4v) is 4.59. The molecule has 124 valence electrons.